The molecule has 0 aliphatic rings. The monoisotopic (exact) mass is 356 g/mol. The normalized spacial score (nSPS) is 11.0. The molecule has 2 N–H and O–H groups in total. The van der Waals surface area contributed by atoms with E-state index in [1.807, 2.05) is 0 Å². The number of halogens is 4. The van der Waals surface area contributed by atoms with Gasteiger partial charge in [0.05, 0.1) is 17.8 Å². The van der Waals surface area contributed by atoms with E-state index in [1.54, 1.807) is 29.6 Å². The molecule has 126 valence electrons. The molecular weight excluding hydrogens is 345 g/mol. The minimum atomic E-state index is -5.02. The first-order valence-corrected chi connectivity index (χ1v) is 7.15. The number of anilines is 2. The number of benzene rings is 2. The first-order chi connectivity index (χ1) is 11.3. The van der Waals surface area contributed by atoms with E-state index in [2.05, 4.69) is 5.32 Å². The van der Waals surface area contributed by atoms with Crippen LogP contribution in [-0.4, -0.2) is 18.0 Å². The molecule has 0 unspecified atom stereocenters. The average Bonchev–Trinajstić information content (AvgIpc) is 2.50. The van der Waals surface area contributed by atoms with Crippen LogP contribution in [0, 0.1) is 0 Å². The summed E-state index contributed by atoms with van der Waals surface area (Å²) < 4.78 is 37.0. The largest absolute Gasteiger partial charge is 0.471 e. The van der Waals surface area contributed by atoms with Crippen molar-refractivity contribution in [1.29, 1.82) is 0 Å². The Morgan fingerprint density at radius 2 is 1.46 bits per heavy atom. The fraction of sp³-hybridized carbons (Fsp3) is 0.125. The van der Waals surface area contributed by atoms with E-state index >= 15 is 0 Å². The summed E-state index contributed by atoms with van der Waals surface area (Å²) in [6.45, 7) is 0. The third-order valence-electron chi connectivity index (χ3n) is 3.02. The highest BCUT2D eigenvalue weighted by Crippen LogP contribution is 2.25. The van der Waals surface area contributed by atoms with Gasteiger partial charge in [-0.15, -0.1) is 0 Å². The van der Waals surface area contributed by atoms with Crippen molar-refractivity contribution in [3.63, 3.8) is 0 Å². The van der Waals surface area contributed by atoms with Crippen molar-refractivity contribution in [3.8, 4) is 0 Å². The molecule has 0 saturated heterocycles. The second-order valence-corrected chi connectivity index (χ2v) is 5.22. The van der Waals surface area contributed by atoms with E-state index in [1.165, 1.54) is 24.3 Å². The van der Waals surface area contributed by atoms with Crippen LogP contribution in [0.3, 0.4) is 0 Å². The molecule has 0 bridgehead atoms. The number of amides is 2. The van der Waals surface area contributed by atoms with Gasteiger partial charge in [-0.2, -0.15) is 13.2 Å². The van der Waals surface area contributed by atoms with Gasteiger partial charge in [-0.05, 0) is 23.8 Å². The Bertz CT molecular complexity index is 763. The third-order valence-corrected chi connectivity index (χ3v) is 3.38. The van der Waals surface area contributed by atoms with E-state index in [9.17, 15) is 22.8 Å². The van der Waals surface area contributed by atoms with Gasteiger partial charge >= 0.3 is 12.1 Å². The number of nitrogens with one attached hydrogen (secondary N) is 2. The van der Waals surface area contributed by atoms with Gasteiger partial charge in [0.1, 0.15) is 0 Å². The summed E-state index contributed by atoms with van der Waals surface area (Å²) in [7, 11) is 0. The number of carbonyl (C=O) groups excluding carboxylic acids is 2. The second-order valence-electron chi connectivity index (χ2n) is 4.81. The van der Waals surface area contributed by atoms with Gasteiger partial charge in [0.25, 0.3) is 0 Å². The van der Waals surface area contributed by atoms with Crippen LogP contribution in [0.4, 0.5) is 24.5 Å². The van der Waals surface area contributed by atoms with Gasteiger partial charge in [0.15, 0.2) is 0 Å². The van der Waals surface area contributed by atoms with E-state index in [0.717, 1.165) is 0 Å². The zero-order chi connectivity index (χ0) is 17.7. The van der Waals surface area contributed by atoms with Crippen molar-refractivity contribution in [3.05, 3.63) is 59.1 Å². The van der Waals surface area contributed by atoms with E-state index in [-0.39, 0.29) is 17.8 Å². The Morgan fingerprint density at radius 3 is 2.04 bits per heavy atom. The Hall–Kier alpha value is -2.54. The van der Waals surface area contributed by atoms with Gasteiger partial charge in [-0.1, -0.05) is 41.9 Å². The fourth-order valence-electron chi connectivity index (χ4n) is 1.90. The highest BCUT2D eigenvalue weighted by atomic mass is 35.5. The fourth-order valence-corrected chi connectivity index (χ4v) is 2.11. The predicted octanol–water partition coefficient (Wildman–Crippen LogP) is 4.02. The summed E-state index contributed by atoms with van der Waals surface area (Å²) in [6, 6.07) is 12.3. The molecule has 24 heavy (non-hydrogen) atoms. The van der Waals surface area contributed by atoms with Crippen LogP contribution in [0.2, 0.25) is 5.02 Å². The van der Waals surface area contributed by atoms with Crippen molar-refractivity contribution < 1.29 is 22.8 Å². The molecule has 0 aliphatic carbocycles. The lowest BCUT2D eigenvalue weighted by molar-refractivity contribution is -0.167. The van der Waals surface area contributed by atoms with Gasteiger partial charge in [0.2, 0.25) is 5.91 Å². The predicted molar refractivity (Wildman–Crippen MR) is 84.9 cm³/mol. The summed E-state index contributed by atoms with van der Waals surface area (Å²) in [5.74, 6) is -2.59. The summed E-state index contributed by atoms with van der Waals surface area (Å²) in [6.07, 6.45) is -5.07. The van der Waals surface area contributed by atoms with E-state index in [4.69, 9.17) is 11.6 Å². The van der Waals surface area contributed by atoms with Crippen molar-refractivity contribution in [2.75, 3.05) is 10.6 Å². The number of alkyl halides is 3. The van der Waals surface area contributed by atoms with Crippen molar-refractivity contribution in [2.24, 2.45) is 0 Å². The molecular formula is C16H12ClF3N2O2. The standard InChI is InChI=1S/C16H12ClF3N2O2/c17-11-6-2-1-5-10(11)9-14(23)21-12-7-3-4-8-13(12)22-15(24)16(18,19)20/h1-8H,9H2,(H,21,23)(H,22,24). The molecule has 4 nitrogen and oxygen atoms in total. The Balaban J connectivity index is 2.11. The van der Waals surface area contributed by atoms with Crippen LogP contribution in [0.25, 0.3) is 0 Å². The molecule has 0 radical (unpaired) electrons. The van der Waals surface area contributed by atoms with Crippen molar-refractivity contribution in [2.45, 2.75) is 12.6 Å². The number of rotatable bonds is 4. The molecule has 0 saturated carbocycles. The number of hydrogen-bond acceptors (Lipinski definition) is 2. The number of carbonyl (C=O) groups is 2. The van der Waals surface area contributed by atoms with E-state index in [0.29, 0.717) is 10.6 Å². The van der Waals surface area contributed by atoms with Crippen LogP contribution in [0.15, 0.2) is 48.5 Å². The number of para-hydroxylation sites is 2. The van der Waals surface area contributed by atoms with E-state index < -0.39 is 18.0 Å². The number of hydrogen-bond donors (Lipinski definition) is 2. The molecule has 0 heterocycles. The average molecular weight is 357 g/mol. The summed E-state index contributed by atoms with van der Waals surface area (Å²) in [5, 5.41) is 4.60. The van der Waals surface area contributed by atoms with Gasteiger partial charge in [-0.3, -0.25) is 9.59 Å². The molecule has 2 aromatic rings. The minimum absolute atomic E-state index is 0.0543. The third kappa shape index (κ3) is 4.73. The highest BCUT2D eigenvalue weighted by Gasteiger charge is 2.39. The first-order valence-electron chi connectivity index (χ1n) is 6.78. The maximum Gasteiger partial charge on any atom is 0.471 e. The lowest BCUT2D eigenvalue weighted by Gasteiger charge is -2.13. The molecule has 0 fully saturated rings. The smallest absolute Gasteiger partial charge is 0.324 e. The molecule has 2 aromatic carbocycles. The lowest BCUT2D eigenvalue weighted by atomic mass is 10.1. The molecule has 0 atom stereocenters. The molecule has 0 spiro atoms. The zero-order valence-corrected chi connectivity index (χ0v) is 12.9. The quantitative estimate of drug-likeness (QED) is 0.869. The Labute approximate surface area is 140 Å². The summed E-state index contributed by atoms with van der Waals surface area (Å²) in [4.78, 5) is 23.1. The van der Waals surface area contributed by atoms with Gasteiger partial charge in [0, 0.05) is 5.02 Å². The van der Waals surface area contributed by atoms with Crippen molar-refractivity contribution in [1.82, 2.24) is 0 Å². The van der Waals surface area contributed by atoms with Gasteiger partial charge in [-0.25, -0.2) is 0 Å². The van der Waals surface area contributed by atoms with Crippen molar-refractivity contribution >= 4 is 34.8 Å². The molecule has 8 heteroatoms. The van der Waals surface area contributed by atoms with Crippen LogP contribution in [0.5, 0.6) is 0 Å². The topological polar surface area (TPSA) is 58.2 Å². The Kier molecular flexibility index (Phi) is 5.46. The van der Waals surface area contributed by atoms with Crippen LogP contribution in [-0.2, 0) is 16.0 Å². The first kappa shape index (κ1) is 17.8. The summed E-state index contributed by atoms with van der Waals surface area (Å²) >= 11 is 5.96. The lowest BCUT2D eigenvalue weighted by Crippen LogP contribution is -2.30. The SMILES string of the molecule is O=C(Cc1ccccc1Cl)Nc1ccccc1NC(=O)C(F)(F)F. The molecule has 2 amide bonds. The second kappa shape index (κ2) is 7.35. The summed E-state index contributed by atoms with van der Waals surface area (Å²) in [5.41, 5.74) is 0.493. The van der Waals surface area contributed by atoms with Crippen LogP contribution in [0.1, 0.15) is 5.56 Å². The molecule has 0 aliphatic heterocycles. The van der Waals surface area contributed by atoms with Crippen LogP contribution < -0.4 is 10.6 Å². The molecule has 0 aromatic heterocycles. The Morgan fingerprint density at radius 1 is 0.917 bits per heavy atom. The maximum absolute atomic E-state index is 12.3. The zero-order valence-electron chi connectivity index (χ0n) is 12.2. The minimum Gasteiger partial charge on any atom is -0.324 e. The van der Waals surface area contributed by atoms with Crippen LogP contribution >= 0.6 is 11.6 Å². The molecule has 2 rings (SSSR count). The van der Waals surface area contributed by atoms with Gasteiger partial charge < -0.3 is 10.6 Å². The maximum atomic E-state index is 12.3. The highest BCUT2D eigenvalue weighted by molar-refractivity contribution is 6.31.